The quantitative estimate of drug-likeness (QED) is 0.723. The van der Waals surface area contributed by atoms with Gasteiger partial charge in [0.25, 0.3) is 0 Å². The van der Waals surface area contributed by atoms with Crippen LogP contribution in [0.1, 0.15) is 32.6 Å². The van der Waals surface area contributed by atoms with Crippen LogP contribution in [0, 0.1) is 11.8 Å². The molecule has 0 aromatic rings. The summed E-state index contributed by atoms with van der Waals surface area (Å²) < 4.78 is 0. The van der Waals surface area contributed by atoms with E-state index in [9.17, 15) is 0 Å². The Hall–Kier alpha value is -0.0800. The Kier molecular flexibility index (Phi) is 3.82. The zero-order valence-electron chi connectivity index (χ0n) is 9.47. The van der Waals surface area contributed by atoms with Gasteiger partial charge in [-0.1, -0.05) is 6.92 Å². The molecular formula is C12H24N2. The van der Waals surface area contributed by atoms with Crippen molar-refractivity contribution in [1.29, 1.82) is 0 Å². The van der Waals surface area contributed by atoms with Gasteiger partial charge < -0.3 is 10.2 Å². The van der Waals surface area contributed by atoms with Crippen molar-refractivity contribution in [3.63, 3.8) is 0 Å². The first-order chi connectivity index (χ1) is 6.84. The number of likely N-dealkylation sites (tertiary alicyclic amines) is 1. The van der Waals surface area contributed by atoms with Crippen LogP contribution in [0.15, 0.2) is 0 Å². The molecule has 2 aliphatic rings. The van der Waals surface area contributed by atoms with E-state index in [0.717, 1.165) is 11.8 Å². The number of nitrogens with one attached hydrogen (secondary N) is 1. The van der Waals surface area contributed by atoms with E-state index in [2.05, 4.69) is 17.1 Å². The second kappa shape index (κ2) is 5.13. The van der Waals surface area contributed by atoms with E-state index in [-0.39, 0.29) is 0 Å². The molecule has 0 saturated carbocycles. The lowest BCUT2D eigenvalue weighted by atomic mass is 9.94. The van der Waals surface area contributed by atoms with Crippen molar-refractivity contribution in [1.82, 2.24) is 10.2 Å². The molecule has 0 unspecified atom stereocenters. The Morgan fingerprint density at radius 3 is 2.36 bits per heavy atom. The number of hydrogen-bond acceptors (Lipinski definition) is 2. The number of nitrogens with zero attached hydrogens (tertiary/aromatic N) is 1. The predicted octanol–water partition coefficient (Wildman–Crippen LogP) is 1.72. The van der Waals surface area contributed by atoms with Gasteiger partial charge in [0.1, 0.15) is 0 Å². The first-order valence-corrected chi connectivity index (χ1v) is 6.27. The molecule has 82 valence electrons. The molecule has 2 heterocycles. The van der Waals surface area contributed by atoms with Gasteiger partial charge in [-0.05, 0) is 63.7 Å². The third-order valence-electron chi connectivity index (χ3n) is 3.85. The van der Waals surface area contributed by atoms with Crippen molar-refractivity contribution in [2.45, 2.75) is 32.6 Å². The van der Waals surface area contributed by atoms with Crippen LogP contribution in [0.25, 0.3) is 0 Å². The van der Waals surface area contributed by atoms with Crippen LogP contribution in [-0.4, -0.2) is 37.6 Å². The van der Waals surface area contributed by atoms with Crippen molar-refractivity contribution in [2.75, 3.05) is 32.7 Å². The maximum absolute atomic E-state index is 3.44. The standard InChI is InChI=1S/C12H24N2/c1-11-4-8-14(9-5-11)10-12-2-6-13-7-3-12/h11-13H,2-10H2,1H3. The second-order valence-electron chi connectivity index (χ2n) is 5.18. The fourth-order valence-electron chi connectivity index (χ4n) is 2.67. The van der Waals surface area contributed by atoms with Crippen LogP contribution in [0.2, 0.25) is 0 Å². The van der Waals surface area contributed by atoms with Gasteiger partial charge in [0.2, 0.25) is 0 Å². The zero-order valence-corrected chi connectivity index (χ0v) is 9.47. The molecule has 0 radical (unpaired) electrons. The summed E-state index contributed by atoms with van der Waals surface area (Å²) in [6, 6.07) is 0. The normalized spacial score (nSPS) is 28.1. The molecule has 2 fully saturated rings. The van der Waals surface area contributed by atoms with E-state index < -0.39 is 0 Å². The van der Waals surface area contributed by atoms with E-state index in [1.165, 1.54) is 58.4 Å². The van der Waals surface area contributed by atoms with Gasteiger partial charge in [0.15, 0.2) is 0 Å². The van der Waals surface area contributed by atoms with Crippen molar-refractivity contribution >= 4 is 0 Å². The number of hydrogen-bond donors (Lipinski definition) is 1. The molecule has 2 aliphatic heterocycles. The van der Waals surface area contributed by atoms with Gasteiger partial charge in [-0.25, -0.2) is 0 Å². The molecular weight excluding hydrogens is 172 g/mol. The van der Waals surface area contributed by atoms with E-state index >= 15 is 0 Å². The van der Waals surface area contributed by atoms with Crippen LogP contribution in [0.4, 0.5) is 0 Å². The lowest BCUT2D eigenvalue weighted by Crippen LogP contribution is -2.39. The number of rotatable bonds is 2. The van der Waals surface area contributed by atoms with Crippen molar-refractivity contribution < 1.29 is 0 Å². The Bertz CT molecular complexity index is 156. The number of piperidine rings is 2. The molecule has 0 spiro atoms. The molecule has 0 aromatic carbocycles. The third kappa shape index (κ3) is 2.96. The van der Waals surface area contributed by atoms with Crippen molar-refractivity contribution in [3.8, 4) is 0 Å². The van der Waals surface area contributed by atoms with E-state index in [4.69, 9.17) is 0 Å². The third-order valence-corrected chi connectivity index (χ3v) is 3.85. The lowest BCUT2D eigenvalue weighted by molar-refractivity contribution is 0.154. The average molecular weight is 196 g/mol. The Labute approximate surface area is 88.1 Å². The zero-order chi connectivity index (χ0) is 9.80. The highest BCUT2D eigenvalue weighted by Gasteiger charge is 2.20. The van der Waals surface area contributed by atoms with Crippen LogP contribution in [-0.2, 0) is 0 Å². The summed E-state index contributed by atoms with van der Waals surface area (Å²) in [6.07, 6.45) is 5.63. The fraction of sp³-hybridized carbons (Fsp3) is 1.00. The first-order valence-electron chi connectivity index (χ1n) is 6.27. The second-order valence-corrected chi connectivity index (χ2v) is 5.18. The van der Waals surface area contributed by atoms with Gasteiger partial charge >= 0.3 is 0 Å². The maximum atomic E-state index is 3.44. The predicted molar refractivity (Wildman–Crippen MR) is 60.4 cm³/mol. The molecule has 2 heteroatoms. The summed E-state index contributed by atoms with van der Waals surface area (Å²) in [5.74, 6) is 1.95. The molecule has 0 atom stereocenters. The van der Waals surface area contributed by atoms with Gasteiger partial charge in [-0.2, -0.15) is 0 Å². The van der Waals surface area contributed by atoms with Gasteiger partial charge in [-0.3, -0.25) is 0 Å². The minimum Gasteiger partial charge on any atom is -0.317 e. The molecule has 14 heavy (non-hydrogen) atoms. The van der Waals surface area contributed by atoms with Crippen LogP contribution < -0.4 is 5.32 Å². The van der Waals surface area contributed by atoms with Crippen LogP contribution in [0.5, 0.6) is 0 Å². The van der Waals surface area contributed by atoms with Crippen LogP contribution in [0.3, 0.4) is 0 Å². The first kappa shape index (κ1) is 10.4. The average Bonchev–Trinajstić information content (AvgIpc) is 2.23. The summed E-state index contributed by atoms with van der Waals surface area (Å²) in [4.78, 5) is 2.69. The minimum atomic E-state index is 0.972. The molecule has 0 aliphatic carbocycles. The molecule has 2 saturated heterocycles. The highest BCUT2D eigenvalue weighted by molar-refractivity contribution is 4.75. The Balaban J connectivity index is 1.68. The Morgan fingerprint density at radius 2 is 1.71 bits per heavy atom. The Morgan fingerprint density at radius 1 is 1.07 bits per heavy atom. The summed E-state index contributed by atoms with van der Waals surface area (Å²) in [5.41, 5.74) is 0. The van der Waals surface area contributed by atoms with Crippen LogP contribution >= 0.6 is 0 Å². The molecule has 2 nitrogen and oxygen atoms in total. The smallest absolute Gasteiger partial charge is 0.00106 e. The minimum absolute atomic E-state index is 0.972. The summed E-state index contributed by atoms with van der Waals surface area (Å²) >= 11 is 0. The van der Waals surface area contributed by atoms with E-state index in [1.54, 1.807) is 0 Å². The molecule has 0 bridgehead atoms. The van der Waals surface area contributed by atoms with Gasteiger partial charge in [0, 0.05) is 6.54 Å². The highest BCUT2D eigenvalue weighted by atomic mass is 15.1. The lowest BCUT2D eigenvalue weighted by Gasteiger charge is -2.34. The largest absolute Gasteiger partial charge is 0.317 e. The van der Waals surface area contributed by atoms with Crippen molar-refractivity contribution in [3.05, 3.63) is 0 Å². The topological polar surface area (TPSA) is 15.3 Å². The molecule has 1 N–H and O–H groups in total. The monoisotopic (exact) mass is 196 g/mol. The van der Waals surface area contributed by atoms with Crippen molar-refractivity contribution in [2.24, 2.45) is 11.8 Å². The molecule has 0 amide bonds. The summed E-state index contributed by atoms with van der Waals surface area (Å²) in [7, 11) is 0. The fourth-order valence-corrected chi connectivity index (χ4v) is 2.67. The molecule has 2 rings (SSSR count). The SMILES string of the molecule is CC1CCN(CC2CCNCC2)CC1. The molecule has 0 aromatic heterocycles. The highest BCUT2D eigenvalue weighted by Crippen LogP contribution is 2.19. The van der Waals surface area contributed by atoms with Gasteiger partial charge in [-0.15, -0.1) is 0 Å². The van der Waals surface area contributed by atoms with Gasteiger partial charge in [0.05, 0.1) is 0 Å². The van der Waals surface area contributed by atoms with E-state index in [0.29, 0.717) is 0 Å². The summed E-state index contributed by atoms with van der Waals surface area (Å²) in [6.45, 7) is 8.95. The summed E-state index contributed by atoms with van der Waals surface area (Å²) in [5, 5.41) is 3.44. The van der Waals surface area contributed by atoms with E-state index in [1.807, 2.05) is 0 Å². The maximum Gasteiger partial charge on any atom is 0.00106 e.